The van der Waals surface area contributed by atoms with E-state index >= 15 is 0 Å². The van der Waals surface area contributed by atoms with Crippen LogP contribution >= 0.6 is 0 Å². The molecule has 2 aliphatic rings. The summed E-state index contributed by atoms with van der Waals surface area (Å²) in [6.45, 7) is 6.56. The third-order valence-electron chi connectivity index (χ3n) is 2.80. The van der Waals surface area contributed by atoms with Crippen LogP contribution in [-0.4, -0.2) is 41.9 Å². The number of halogens is 1. The summed E-state index contributed by atoms with van der Waals surface area (Å²) >= 11 is 0. The van der Waals surface area contributed by atoms with Gasteiger partial charge < -0.3 is 14.4 Å². The van der Waals surface area contributed by atoms with Gasteiger partial charge in [0.15, 0.2) is 0 Å². The Kier molecular flexibility index (Phi) is 2.89. The van der Waals surface area contributed by atoms with Crippen LogP contribution in [0.2, 0.25) is 0 Å². The van der Waals surface area contributed by atoms with Gasteiger partial charge in [0.2, 0.25) is 0 Å². The molecule has 0 aliphatic carbocycles. The Morgan fingerprint density at radius 1 is 1.53 bits per heavy atom. The third kappa shape index (κ3) is 2.77. The number of ether oxygens (including phenoxy) is 2. The third-order valence-corrected chi connectivity index (χ3v) is 2.80. The zero-order valence-corrected chi connectivity index (χ0v) is 10.5. The van der Waals surface area contributed by atoms with E-state index in [0.717, 1.165) is 0 Å². The van der Waals surface area contributed by atoms with Gasteiger partial charge >= 0.3 is 6.09 Å². The van der Waals surface area contributed by atoms with Crippen molar-refractivity contribution in [1.82, 2.24) is 4.90 Å². The minimum atomic E-state index is -0.518. The van der Waals surface area contributed by atoms with Crippen molar-refractivity contribution in [3.63, 3.8) is 0 Å². The molecule has 0 bridgehead atoms. The lowest BCUT2D eigenvalue weighted by Gasteiger charge is -2.50. The molecule has 1 fully saturated rings. The SMILES string of the molecule is CC(C)(C)OC(=O)N1CC2(CC(F)=CCO2)C1. The Labute approximate surface area is 100 Å². The molecule has 0 unspecified atom stereocenters. The highest BCUT2D eigenvalue weighted by molar-refractivity contribution is 5.69. The molecule has 0 radical (unpaired) electrons. The molecule has 5 heteroatoms. The van der Waals surface area contributed by atoms with Crippen LogP contribution in [0.25, 0.3) is 0 Å². The van der Waals surface area contributed by atoms with E-state index < -0.39 is 11.2 Å². The van der Waals surface area contributed by atoms with E-state index in [2.05, 4.69) is 0 Å². The van der Waals surface area contributed by atoms with Crippen molar-refractivity contribution in [3.05, 3.63) is 11.9 Å². The van der Waals surface area contributed by atoms with Crippen LogP contribution in [0.3, 0.4) is 0 Å². The highest BCUT2D eigenvalue weighted by Gasteiger charge is 2.49. The van der Waals surface area contributed by atoms with Crippen LogP contribution in [-0.2, 0) is 9.47 Å². The van der Waals surface area contributed by atoms with Crippen LogP contribution in [0.5, 0.6) is 0 Å². The fourth-order valence-corrected chi connectivity index (χ4v) is 2.05. The van der Waals surface area contributed by atoms with Crippen LogP contribution < -0.4 is 0 Å². The number of carbonyl (C=O) groups is 1. The first-order valence-corrected chi connectivity index (χ1v) is 5.76. The highest BCUT2D eigenvalue weighted by Crippen LogP contribution is 2.35. The molecule has 4 nitrogen and oxygen atoms in total. The lowest BCUT2D eigenvalue weighted by molar-refractivity contribution is -0.139. The maximum Gasteiger partial charge on any atom is 0.410 e. The molecule has 1 amide bonds. The predicted molar refractivity (Wildman–Crippen MR) is 60.3 cm³/mol. The number of amides is 1. The average molecular weight is 243 g/mol. The van der Waals surface area contributed by atoms with Gasteiger partial charge in [-0.25, -0.2) is 9.18 Å². The van der Waals surface area contributed by atoms with Crippen LogP contribution in [0, 0.1) is 0 Å². The van der Waals surface area contributed by atoms with Crippen molar-refractivity contribution in [3.8, 4) is 0 Å². The van der Waals surface area contributed by atoms with Gasteiger partial charge in [0, 0.05) is 6.42 Å². The number of hydrogen-bond donors (Lipinski definition) is 0. The van der Waals surface area contributed by atoms with Gasteiger partial charge in [-0.2, -0.15) is 0 Å². The summed E-state index contributed by atoms with van der Waals surface area (Å²) in [5.41, 5.74) is -1.02. The van der Waals surface area contributed by atoms with Crippen molar-refractivity contribution in [2.45, 2.75) is 38.4 Å². The van der Waals surface area contributed by atoms with Crippen molar-refractivity contribution in [1.29, 1.82) is 0 Å². The molecule has 1 saturated heterocycles. The van der Waals surface area contributed by atoms with Crippen molar-refractivity contribution in [2.75, 3.05) is 19.7 Å². The van der Waals surface area contributed by atoms with E-state index in [1.807, 2.05) is 20.8 Å². The summed E-state index contributed by atoms with van der Waals surface area (Å²) < 4.78 is 23.9. The summed E-state index contributed by atoms with van der Waals surface area (Å²) in [6.07, 6.45) is 1.33. The lowest BCUT2D eigenvalue weighted by Crippen LogP contribution is -2.66. The Morgan fingerprint density at radius 2 is 2.18 bits per heavy atom. The molecule has 2 heterocycles. The molecular weight excluding hydrogens is 225 g/mol. The molecule has 2 aliphatic heterocycles. The Morgan fingerprint density at radius 3 is 2.71 bits per heavy atom. The molecule has 0 N–H and O–H groups in total. The van der Waals surface area contributed by atoms with Gasteiger partial charge in [-0.3, -0.25) is 0 Å². The molecule has 0 saturated carbocycles. The lowest BCUT2D eigenvalue weighted by atomic mass is 9.88. The zero-order valence-electron chi connectivity index (χ0n) is 10.5. The maximum atomic E-state index is 13.1. The average Bonchev–Trinajstić information content (AvgIpc) is 2.10. The summed E-state index contributed by atoms with van der Waals surface area (Å²) in [5.74, 6) is -0.153. The van der Waals surface area contributed by atoms with Gasteiger partial charge in [-0.1, -0.05) is 0 Å². The number of rotatable bonds is 0. The van der Waals surface area contributed by atoms with E-state index in [1.165, 1.54) is 6.08 Å². The summed E-state index contributed by atoms with van der Waals surface area (Å²) in [4.78, 5) is 13.2. The second kappa shape index (κ2) is 3.98. The molecular formula is C12H18FNO3. The van der Waals surface area contributed by atoms with E-state index in [0.29, 0.717) is 13.1 Å². The fourth-order valence-electron chi connectivity index (χ4n) is 2.05. The van der Waals surface area contributed by atoms with Gasteiger partial charge in [0.25, 0.3) is 0 Å². The van der Waals surface area contributed by atoms with E-state index in [-0.39, 0.29) is 24.9 Å². The van der Waals surface area contributed by atoms with Crippen LogP contribution in [0.15, 0.2) is 11.9 Å². The summed E-state index contributed by atoms with van der Waals surface area (Å²) in [7, 11) is 0. The quantitative estimate of drug-likeness (QED) is 0.655. The van der Waals surface area contributed by atoms with Crippen molar-refractivity contribution in [2.24, 2.45) is 0 Å². The smallest absolute Gasteiger partial charge is 0.410 e. The minimum absolute atomic E-state index is 0.153. The molecule has 0 aromatic heterocycles. The zero-order chi connectivity index (χ0) is 12.7. The number of carbonyl (C=O) groups excluding carboxylic acids is 1. The van der Waals surface area contributed by atoms with Crippen LogP contribution in [0.4, 0.5) is 9.18 Å². The van der Waals surface area contributed by atoms with E-state index in [9.17, 15) is 9.18 Å². The largest absolute Gasteiger partial charge is 0.444 e. The minimum Gasteiger partial charge on any atom is -0.444 e. The molecule has 0 atom stereocenters. The topological polar surface area (TPSA) is 38.8 Å². The number of likely N-dealkylation sites (tertiary alicyclic amines) is 1. The van der Waals surface area contributed by atoms with Crippen LogP contribution in [0.1, 0.15) is 27.2 Å². The number of hydrogen-bond acceptors (Lipinski definition) is 3. The number of nitrogens with zero attached hydrogens (tertiary/aromatic N) is 1. The van der Waals surface area contributed by atoms with Gasteiger partial charge in [-0.05, 0) is 26.8 Å². The van der Waals surface area contributed by atoms with Gasteiger partial charge in [-0.15, -0.1) is 0 Å². The standard InChI is InChI=1S/C12H18FNO3/c1-11(2,3)17-10(15)14-7-12(8-14)6-9(13)4-5-16-12/h4H,5-8H2,1-3H3. The molecule has 0 aromatic carbocycles. The predicted octanol–water partition coefficient (Wildman–Crippen LogP) is 2.25. The molecule has 96 valence electrons. The summed E-state index contributed by atoms with van der Waals surface area (Å²) in [6, 6.07) is 0. The Balaban J connectivity index is 1.86. The molecule has 0 aromatic rings. The van der Waals surface area contributed by atoms with E-state index in [1.54, 1.807) is 4.90 Å². The monoisotopic (exact) mass is 243 g/mol. The Bertz CT molecular complexity index is 353. The first kappa shape index (κ1) is 12.4. The molecule has 17 heavy (non-hydrogen) atoms. The molecule has 2 rings (SSSR count). The van der Waals surface area contributed by atoms with Crippen molar-refractivity contribution < 1.29 is 18.7 Å². The Hall–Kier alpha value is -1.10. The second-order valence-electron chi connectivity index (χ2n) is 5.66. The van der Waals surface area contributed by atoms with E-state index in [4.69, 9.17) is 9.47 Å². The normalized spacial score (nSPS) is 23.1. The highest BCUT2D eigenvalue weighted by atomic mass is 19.1. The molecule has 1 spiro atoms. The second-order valence-corrected chi connectivity index (χ2v) is 5.66. The van der Waals surface area contributed by atoms with Gasteiger partial charge in [0.1, 0.15) is 17.0 Å². The fraction of sp³-hybridized carbons (Fsp3) is 0.750. The van der Waals surface area contributed by atoms with Crippen molar-refractivity contribution >= 4 is 6.09 Å². The first-order chi connectivity index (χ1) is 7.80. The maximum absolute atomic E-state index is 13.1. The van der Waals surface area contributed by atoms with Gasteiger partial charge in [0.05, 0.1) is 19.7 Å². The first-order valence-electron chi connectivity index (χ1n) is 5.76. The summed E-state index contributed by atoms with van der Waals surface area (Å²) in [5, 5.41) is 0.